The summed E-state index contributed by atoms with van der Waals surface area (Å²) in [6.07, 6.45) is 3.64. The van der Waals surface area contributed by atoms with Gasteiger partial charge in [-0.3, -0.25) is 4.79 Å². The number of amides is 1. The number of hydrogen-bond acceptors (Lipinski definition) is 6. The van der Waals surface area contributed by atoms with Crippen molar-refractivity contribution in [2.75, 3.05) is 5.32 Å². The number of benzene rings is 1. The van der Waals surface area contributed by atoms with E-state index in [-0.39, 0.29) is 11.9 Å². The van der Waals surface area contributed by atoms with Gasteiger partial charge in [-0.25, -0.2) is 15.0 Å². The van der Waals surface area contributed by atoms with Crippen LogP contribution in [0.4, 0.5) is 11.6 Å². The second-order valence-corrected chi connectivity index (χ2v) is 7.50. The standard InChI is InChI=1S/C21H19N5OS/c1-13(24-14(2)27)21-23-12-18(28-21)17-8-5-9-19(25-17)26-20-10-15-6-3-4-7-16(15)11-22-20/h3-13H,1-2H3,(H,24,27)(H,22,25,26)/t13-/m0/s1. The van der Waals surface area contributed by atoms with Gasteiger partial charge in [0, 0.05) is 24.7 Å². The summed E-state index contributed by atoms with van der Waals surface area (Å²) < 4.78 is 0. The minimum Gasteiger partial charge on any atom is -0.347 e. The summed E-state index contributed by atoms with van der Waals surface area (Å²) >= 11 is 1.52. The third kappa shape index (κ3) is 3.99. The van der Waals surface area contributed by atoms with Gasteiger partial charge in [0.05, 0.1) is 16.6 Å². The van der Waals surface area contributed by atoms with E-state index in [0.717, 1.165) is 32.2 Å². The van der Waals surface area contributed by atoms with Crippen LogP contribution in [0.15, 0.2) is 60.9 Å². The Labute approximate surface area is 166 Å². The zero-order chi connectivity index (χ0) is 19.5. The average molecular weight is 389 g/mol. The molecule has 3 aromatic heterocycles. The Bertz CT molecular complexity index is 1140. The van der Waals surface area contributed by atoms with Gasteiger partial charge in [-0.2, -0.15) is 0 Å². The summed E-state index contributed by atoms with van der Waals surface area (Å²) in [5.41, 5.74) is 0.824. The summed E-state index contributed by atoms with van der Waals surface area (Å²) in [5.74, 6) is 1.38. The summed E-state index contributed by atoms with van der Waals surface area (Å²) in [5, 5.41) is 9.18. The predicted molar refractivity (Wildman–Crippen MR) is 113 cm³/mol. The number of carbonyl (C=O) groups excluding carboxylic acids is 1. The summed E-state index contributed by atoms with van der Waals surface area (Å²) in [6, 6.07) is 15.8. The van der Waals surface area contributed by atoms with Crippen LogP contribution < -0.4 is 10.6 Å². The number of nitrogens with one attached hydrogen (secondary N) is 2. The second-order valence-electron chi connectivity index (χ2n) is 6.43. The van der Waals surface area contributed by atoms with Gasteiger partial charge in [-0.05, 0) is 30.5 Å². The molecule has 0 bridgehead atoms. The molecule has 1 amide bonds. The van der Waals surface area contributed by atoms with Crippen LogP contribution in [-0.2, 0) is 4.79 Å². The monoisotopic (exact) mass is 389 g/mol. The van der Waals surface area contributed by atoms with Crippen LogP contribution in [0.1, 0.15) is 24.9 Å². The number of hydrogen-bond donors (Lipinski definition) is 2. The first kappa shape index (κ1) is 18.1. The maximum absolute atomic E-state index is 11.2. The van der Waals surface area contributed by atoms with Crippen LogP contribution in [0.2, 0.25) is 0 Å². The molecular formula is C21H19N5OS. The van der Waals surface area contributed by atoms with Gasteiger partial charge in [0.25, 0.3) is 0 Å². The minimum atomic E-state index is -0.126. The first-order chi connectivity index (χ1) is 13.6. The minimum absolute atomic E-state index is 0.0727. The van der Waals surface area contributed by atoms with Crippen molar-refractivity contribution in [1.82, 2.24) is 20.3 Å². The number of anilines is 2. The van der Waals surface area contributed by atoms with Gasteiger partial charge in [0.15, 0.2) is 0 Å². The van der Waals surface area contributed by atoms with Crippen LogP contribution in [0.5, 0.6) is 0 Å². The van der Waals surface area contributed by atoms with Gasteiger partial charge >= 0.3 is 0 Å². The third-order valence-electron chi connectivity index (χ3n) is 4.20. The molecule has 0 saturated carbocycles. The Balaban J connectivity index is 1.56. The van der Waals surface area contributed by atoms with Crippen molar-refractivity contribution in [3.05, 3.63) is 65.9 Å². The van der Waals surface area contributed by atoms with Crippen molar-refractivity contribution in [2.45, 2.75) is 19.9 Å². The molecule has 0 unspecified atom stereocenters. The number of carbonyl (C=O) groups is 1. The Morgan fingerprint density at radius 1 is 1.00 bits per heavy atom. The van der Waals surface area contributed by atoms with Crippen LogP contribution in [0.25, 0.3) is 21.3 Å². The van der Waals surface area contributed by atoms with Crippen molar-refractivity contribution >= 4 is 39.7 Å². The Kier molecular flexibility index (Phi) is 4.99. The fourth-order valence-electron chi connectivity index (χ4n) is 2.90. The molecule has 1 aromatic carbocycles. The quantitative estimate of drug-likeness (QED) is 0.517. The van der Waals surface area contributed by atoms with E-state index in [4.69, 9.17) is 0 Å². The largest absolute Gasteiger partial charge is 0.347 e. The molecule has 7 heteroatoms. The molecule has 4 rings (SSSR count). The van der Waals surface area contributed by atoms with E-state index >= 15 is 0 Å². The zero-order valence-electron chi connectivity index (χ0n) is 15.5. The van der Waals surface area contributed by atoms with E-state index in [9.17, 15) is 4.79 Å². The van der Waals surface area contributed by atoms with Gasteiger partial charge in [-0.1, -0.05) is 30.3 Å². The molecule has 0 aliphatic heterocycles. The first-order valence-corrected chi connectivity index (χ1v) is 9.72. The molecule has 0 fully saturated rings. The van der Waals surface area contributed by atoms with E-state index in [1.54, 1.807) is 6.20 Å². The highest BCUT2D eigenvalue weighted by molar-refractivity contribution is 7.15. The van der Waals surface area contributed by atoms with Gasteiger partial charge < -0.3 is 10.6 Å². The highest BCUT2D eigenvalue weighted by atomic mass is 32.1. The third-order valence-corrected chi connectivity index (χ3v) is 5.40. The maximum Gasteiger partial charge on any atom is 0.217 e. The fraction of sp³-hybridized carbons (Fsp3) is 0.143. The van der Waals surface area contributed by atoms with Crippen molar-refractivity contribution in [3.8, 4) is 10.6 Å². The van der Waals surface area contributed by atoms with Gasteiger partial charge in [0.1, 0.15) is 16.6 Å². The summed E-state index contributed by atoms with van der Waals surface area (Å²) in [6.45, 7) is 3.42. The molecule has 0 aliphatic rings. The lowest BCUT2D eigenvalue weighted by atomic mass is 10.2. The average Bonchev–Trinajstić information content (AvgIpc) is 3.18. The van der Waals surface area contributed by atoms with E-state index < -0.39 is 0 Å². The van der Waals surface area contributed by atoms with Crippen molar-refractivity contribution < 1.29 is 4.79 Å². The lowest BCUT2D eigenvalue weighted by molar-refractivity contribution is -0.119. The molecule has 0 aliphatic carbocycles. The van der Waals surface area contributed by atoms with Gasteiger partial charge in [-0.15, -0.1) is 11.3 Å². The fourth-order valence-corrected chi connectivity index (χ4v) is 3.79. The van der Waals surface area contributed by atoms with Crippen LogP contribution >= 0.6 is 11.3 Å². The van der Waals surface area contributed by atoms with E-state index in [1.807, 2.05) is 55.6 Å². The number of fused-ring (bicyclic) bond motifs is 1. The van der Waals surface area contributed by atoms with E-state index in [2.05, 4.69) is 31.7 Å². The SMILES string of the molecule is CC(=O)N[C@@H](C)c1ncc(-c2cccc(Nc3cc4ccccc4cn3)n2)s1. The van der Waals surface area contributed by atoms with Crippen LogP contribution in [-0.4, -0.2) is 20.9 Å². The topological polar surface area (TPSA) is 79.8 Å². The Morgan fingerprint density at radius 3 is 2.64 bits per heavy atom. The molecule has 140 valence electrons. The number of thiazole rings is 1. The van der Waals surface area contributed by atoms with Crippen LogP contribution in [0, 0.1) is 0 Å². The zero-order valence-corrected chi connectivity index (χ0v) is 16.3. The first-order valence-electron chi connectivity index (χ1n) is 8.90. The van der Waals surface area contributed by atoms with Crippen molar-refractivity contribution in [3.63, 3.8) is 0 Å². The number of pyridine rings is 2. The molecule has 2 N–H and O–H groups in total. The normalized spacial score (nSPS) is 11.9. The summed E-state index contributed by atoms with van der Waals surface area (Å²) in [4.78, 5) is 25.8. The van der Waals surface area contributed by atoms with E-state index in [1.165, 1.54) is 18.3 Å². The number of nitrogens with zero attached hydrogens (tertiary/aromatic N) is 3. The van der Waals surface area contributed by atoms with Crippen molar-refractivity contribution in [1.29, 1.82) is 0 Å². The van der Waals surface area contributed by atoms with Gasteiger partial charge in [0.2, 0.25) is 5.91 Å². The van der Waals surface area contributed by atoms with Crippen LogP contribution in [0.3, 0.4) is 0 Å². The molecule has 0 saturated heterocycles. The summed E-state index contributed by atoms with van der Waals surface area (Å²) in [7, 11) is 0. The molecular weight excluding hydrogens is 370 g/mol. The lowest BCUT2D eigenvalue weighted by Crippen LogP contribution is -2.23. The molecule has 0 radical (unpaired) electrons. The molecule has 4 aromatic rings. The Hall–Kier alpha value is -3.32. The lowest BCUT2D eigenvalue weighted by Gasteiger charge is -2.08. The molecule has 28 heavy (non-hydrogen) atoms. The number of aromatic nitrogens is 3. The molecule has 1 atom stereocenters. The second kappa shape index (κ2) is 7.74. The number of rotatable bonds is 5. The smallest absolute Gasteiger partial charge is 0.217 e. The highest BCUT2D eigenvalue weighted by Gasteiger charge is 2.13. The molecule has 0 spiro atoms. The predicted octanol–water partition coefficient (Wildman–Crippen LogP) is 4.69. The van der Waals surface area contributed by atoms with E-state index in [0.29, 0.717) is 5.82 Å². The Morgan fingerprint density at radius 2 is 1.82 bits per heavy atom. The molecule has 6 nitrogen and oxygen atoms in total. The maximum atomic E-state index is 11.2. The highest BCUT2D eigenvalue weighted by Crippen LogP contribution is 2.29. The van der Waals surface area contributed by atoms with Crippen molar-refractivity contribution in [2.24, 2.45) is 0 Å². The molecule has 3 heterocycles.